The largest absolute Gasteiger partial charge is 0.375 e. The molecule has 2 saturated heterocycles. The van der Waals surface area contributed by atoms with Crippen molar-refractivity contribution in [3.8, 4) is 0 Å². The van der Waals surface area contributed by atoms with Crippen molar-refractivity contribution < 1.29 is 4.74 Å². The summed E-state index contributed by atoms with van der Waals surface area (Å²) in [7, 11) is 0. The molecule has 2 aliphatic rings. The molecule has 0 amide bonds. The Hall–Kier alpha value is -0.120. The summed E-state index contributed by atoms with van der Waals surface area (Å²) in [6, 6.07) is 1.43. The van der Waals surface area contributed by atoms with E-state index in [2.05, 4.69) is 37.9 Å². The van der Waals surface area contributed by atoms with Crippen LogP contribution in [0.3, 0.4) is 0 Å². The van der Waals surface area contributed by atoms with E-state index < -0.39 is 0 Å². The number of hydrogen-bond acceptors (Lipinski definition) is 3. The van der Waals surface area contributed by atoms with Gasteiger partial charge < -0.3 is 10.1 Å². The zero-order chi connectivity index (χ0) is 13.8. The van der Waals surface area contributed by atoms with Gasteiger partial charge in [0.2, 0.25) is 0 Å². The van der Waals surface area contributed by atoms with Gasteiger partial charge in [0, 0.05) is 25.2 Å². The third kappa shape index (κ3) is 4.73. The number of hydrogen-bond donors (Lipinski definition) is 1. The molecule has 2 aliphatic heterocycles. The van der Waals surface area contributed by atoms with Crippen LogP contribution in [-0.4, -0.2) is 48.8 Å². The quantitative estimate of drug-likeness (QED) is 0.829. The van der Waals surface area contributed by atoms with Crippen molar-refractivity contribution in [1.29, 1.82) is 0 Å². The van der Waals surface area contributed by atoms with Crippen molar-refractivity contribution in [2.24, 2.45) is 5.92 Å². The summed E-state index contributed by atoms with van der Waals surface area (Å²) >= 11 is 0. The average Bonchev–Trinajstić information content (AvgIpc) is 2.79. The maximum atomic E-state index is 5.90. The highest BCUT2D eigenvalue weighted by molar-refractivity contribution is 4.86. The van der Waals surface area contributed by atoms with Gasteiger partial charge in [-0.2, -0.15) is 0 Å². The van der Waals surface area contributed by atoms with Gasteiger partial charge in [-0.15, -0.1) is 0 Å². The first-order chi connectivity index (χ1) is 9.04. The highest BCUT2D eigenvalue weighted by atomic mass is 16.5. The number of ether oxygens (including phenoxy) is 1. The Balaban J connectivity index is 1.94. The maximum Gasteiger partial charge on any atom is 0.0565 e. The summed E-state index contributed by atoms with van der Waals surface area (Å²) in [6.45, 7) is 12.8. The SMILES string of the molecule is CC(C)CN(CC1CCCN1)C1CC(C)OC(C)C1. The van der Waals surface area contributed by atoms with Crippen molar-refractivity contribution in [1.82, 2.24) is 10.2 Å². The zero-order valence-corrected chi connectivity index (χ0v) is 13.2. The Morgan fingerprint density at radius 1 is 1.21 bits per heavy atom. The van der Waals surface area contributed by atoms with Crippen molar-refractivity contribution in [3.05, 3.63) is 0 Å². The lowest BCUT2D eigenvalue weighted by atomic mass is 9.96. The first-order valence-electron chi connectivity index (χ1n) is 8.17. The predicted molar refractivity (Wildman–Crippen MR) is 80.5 cm³/mol. The molecule has 0 bridgehead atoms. The van der Waals surface area contributed by atoms with Crippen LogP contribution in [0.2, 0.25) is 0 Å². The first kappa shape index (κ1) is 15.3. The molecule has 0 spiro atoms. The Morgan fingerprint density at radius 3 is 2.42 bits per heavy atom. The minimum atomic E-state index is 0.417. The van der Waals surface area contributed by atoms with E-state index in [4.69, 9.17) is 4.74 Å². The highest BCUT2D eigenvalue weighted by Gasteiger charge is 2.30. The second-order valence-corrected chi connectivity index (χ2v) is 7.02. The molecule has 0 radical (unpaired) electrons. The number of nitrogens with zero attached hydrogens (tertiary/aromatic N) is 1. The van der Waals surface area contributed by atoms with E-state index in [0.717, 1.165) is 5.92 Å². The monoisotopic (exact) mass is 268 g/mol. The van der Waals surface area contributed by atoms with Gasteiger partial charge in [0.25, 0.3) is 0 Å². The summed E-state index contributed by atoms with van der Waals surface area (Å²) in [5.74, 6) is 0.745. The van der Waals surface area contributed by atoms with Crippen LogP contribution in [0, 0.1) is 5.92 Å². The Bertz CT molecular complexity index is 253. The molecule has 0 saturated carbocycles. The van der Waals surface area contributed by atoms with Crippen LogP contribution in [0.5, 0.6) is 0 Å². The Kier molecular flexibility index (Phi) is 5.67. The van der Waals surface area contributed by atoms with E-state index in [9.17, 15) is 0 Å². The fraction of sp³-hybridized carbons (Fsp3) is 1.00. The van der Waals surface area contributed by atoms with Crippen LogP contribution in [0.15, 0.2) is 0 Å². The third-order valence-electron chi connectivity index (χ3n) is 4.41. The van der Waals surface area contributed by atoms with E-state index in [1.54, 1.807) is 0 Å². The van der Waals surface area contributed by atoms with E-state index in [-0.39, 0.29) is 0 Å². The van der Waals surface area contributed by atoms with E-state index in [1.807, 2.05) is 0 Å². The summed E-state index contributed by atoms with van der Waals surface area (Å²) in [5, 5.41) is 3.65. The lowest BCUT2D eigenvalue weighted by Crippen LogP contribution is -2.49. The zero-order valence-electron chi connectivity index (χ0n) is 13.2. The molecule has 3 heteroatoms. The van der Waals surface area contributed by atoms with Crippen molar-refractivity contribution >= 4 is 0 Å². The first-order valence-corrected chi connectivity index (χ1v) is 8.17. The van der Waals surface area contributed by atoms with Crippen molar-refractivity contribution in [3.63, 3.8) is 0 Å². The minimum absolute atomic E-state index is 0.417. The van der Waals surface area contributed by atoms with Gasteiger partial charge in [-0.1, -0.05) is 13.8 Å². The lowest BCUT2D eigenvalue weighted by Gasteiger charge is -2.41. The molecule has 0 aliphatic carbocycles. The lowest BCUT2D eigenvalue weighted by molar-refractivity contribution is -0.0677. The number of rotatable bonds is 5. The second kappa shape index (κ2) is 7.05. The Labute approximate surface area is 119 Å². The molecule has 0 aromatic rings. The molecule has 2 fully saturated rings. The van der Waals surface area contributed by atoms with Crippen LogP contribution in [0.4, 0.5) is 0 Å². The molecule has 1 N–H and O–H groups in total. The van der Waals surface area contributed by atoms with Crippen LogP contribution >= 0.6 is 0 Å². The summed E-state index contributed by atoms with van der Waals surface area (Å²) in [4.78, 5) is 2.74. The van der Waals surface area contributed by atoms with Crippen molar-refractivity contribution in [2.45, 2.75) is 77.7 Å². The third-order valence-corrected chi connectivity index (χ3v) is 4.41. The predicted octanol–water partition coefficient (Wildman–Crippen LogP) is 2.65. The van der Waals surface area contributed by atoms with Crippen LogP contribution < -0.4 is 5.32 Å². The van der Waals surface area contributed by atoms with Gasteiger partial charge in [0.05, 0.1) is 12.2 Å². The minimum Gasteiger partial charge on any atom is -0.375 e. The van der Waals surface area contributed by atoms with Gasteiger partial charge in [0.15, 0.2) is 0 Å². The average molecular weight is 268 g/mol. The van der Waals surface area contributed by atoms with Gasteiger partial charge in [-0.3, -0.25) is 4.90 Å². The molecular weight excluding hydrogens is 236 g/mol. The maximum absolute atomic E-state index is 5.90. The molecule has 112 valence electrons. The second-order valence-electron chi connectivity index (χ2n) is 7.02. The van der Waals surface area contributed by atoms with Crippen LogP contribution in [-0.2, 0) is 4.74 Å². The number of nitrogens with one attached hydrogen (secondary N) is 1. The molecule has 0 aromatic carbocycles. The normalized spacial score (nSPS) is 36.3. The molecule has 2 rings (SSSR count). The fourth-order valence-corrected chi connectivity index (χ4v) is 3.71. The molecule has 3 nitrogen and oxygen atoms in total. The van der Waals surface area contributed by atoms with Crippen LogP contribution in [0.1, 0.15) is 53.4 Å². The highest BCUT2D eigenvalue weighted by Crippen LogP contribution is 2.25. The summed E-state index contributed by atoms with van der Waals surface area (Å²) in [5.41, 5.74) is 0. The Morgan fingerprint density at radius 2 is 1.89 bits per heavy atom. The summed E-state index contributed by atoms with van der Waals surface area (Å²) < 4.78 is 5.90. The molecule has 2 heterocycles. The van der Waals surface area contributed by atoms with Gasteiger partial charge in [0.1, 0.15) is 0 Å². The molecule has 3 atom stereocenters. The molecular formula is C16H32N2O. The van der Waals surface area contributed by atoms with Crippen molar-refractivity contribution in [2.75, 3.05) is 19.6 Å². The summed E-state index contributed by atoms with van der Waals surface area (Å²) in [6.07, 6.45) is 5.93. The van der Waals surface area contributed by atoms with Crippen LogP contribution in [0.25, 0.3) is 0 Å². The molecule has 3 unspecified atom stereocenters. The molecule has 0 aromatic heterocycles. The van der Waals surface area contributed by atoms with Gasteiger partial charge in [-0.05, 0) is 52.0 Å². The van der Waals surface area contributed by atoms with E-state index in [1.165, 1.54) is 45.3 Å². The standard InChI is InChI=1S/C16H32N2O/c1-12(2)10-18(11-15-6-5-7-17-15)16-8-13(3)19-14(4)9-16/h12-17H,5-11H2,1-4H3. The smallest absolute Gasteiger partial charge is 0.0565 e. The van der Waals surface area contributed by atoms with E-state index in [0.29, 0.717) is 24.3 Å². The van der Waals surface area contributed by atoms with Gasteiger partial charge >= 0.3 is 0 Å². The topological polar surface area (TPSA) is 24.5 Å². The molecule has 19 heavy (non-hydrogen) atoms. The van der Waals surface area contributed by atoms with E-state index >= 15 is 0 Å². The fourth-order valence-electron chi connectivity index (χ4n) is 3.71. The van der Waals surface area contributed by atoms with Gasteiger partial charge in [-0.25, -0.2) is 0 Å².